The molecule has 0 aliphatic carbocycles. The molecular weight excluding hydrogens is 459 g/mol. The summed E-state index contributed by atoms with van der Waals surface area (Å²) in [4.78, 5) is 18.3. The van der Waals surface area contributed by atoms with Crippen LogP contribution in [0.2, 0.25) is 0 Å². The highest BCUT2D eigenvalue weighted by atomic mass is 19.1. The SMILES string of the molecule is CCCC(c1nnnn1C(C)(C)C)N(Cc1ccc(F)cc1)Cc1cc2cc(OC)ccc2[nH]c1=O. The minimum atomic E-state index is -0.316. The van der Waals surface area contributed by atoms with Crippen LogP contribution in [-0.2, 0) is 18.6 Å². The third-order valence-electron chi connectivity index (χ3n) is 6.23. The van der Waals surface area contributed by atoms with E-state index in [-0.39, 0.29) is 23.0 Å². The fourth-order valence-electron chi connectivity index (χ4n) is 4.42. The second kappa shape index (κ2) is 10.6. The molecule has 0 aliphatic rings. The van der Waals surface area contributed by atoms with Crippen LogP contribution in [0.5, 0.6) is 5.75 Å². The van der Waals surface area contributed by atoms with Crippen molar-refractivity contribution in [3.05, 3.63) is 81.7 Å². The van der Waals surface area contributed by atoms with Crippen LogP contribution in [0, 0.1) is 5.82 Å². The normalized spacial score (nSPS) is 12.9. The molecule has 0 aliphatic heterocycles. The summed E-state index contributed by atoms with van der Waals surface area (Å²) in [5, 5.41) is 13.6. The number of benzene rings is 2. The zero-order chi connectivity index (χ0) is 25.9. The lowest BCUT2D eigenvalue weighted by atomic mass is 10.0. The lowest BCUT2D eigenvalue weighted by Crippen LogP contribution is -2.35. The zero-order valence-corrected chi connectivity index (χ0v) is 21.5. The Morgan fingerprint density at radius 3 is 2.53 bits per heavy atom. The quantitative estimate of drug-likeness (QED) is 0.355. The highest BCUT2D eigenvalue weighted by molar-refractivity contribution is 5.80. The number of pyridine rings is 1. The average Bonchev–Trinajstić information content (AvgIpc) is 3.34. The van der Waals surface area contributed by atoms with E-state index in [2.05, 4.69) is 53.1 Å². The van der Waals surface area contributed by atoms with Gasteiger partial charge in [0.25, 0.3) is 5.56 Å². The summed E-state index contributed by atoms with van der Waals surface area (Å²) in [7, 11) is 1.62. The van der Waals surface area contributed by atoms with Gasteiger partial charge in [-0.25, -0.2) is 9.07 Å². The van der Waals surface area contributed by atoms with Crippen LogP contribution in [0.1, 0.15) is 63.5 Å². The highest BCUT2D eigenvalue weighted by Crippen LogP contribution is 2.30. The fraction of sp³-hybridized carbons (Fsp3) is 0.407. The summed E-state index contributed by atoms with van der Waals surface area (Å²) in [6.07, 6.45) is 1.68. The predicted octanol–water partition coefficient (Wildman–Crippen LogP) is 4.96. The third-order valence-corrected chi connectivity index (χ3v) is 6.23. The summed E-state index contributed by atoms with van der Waals surface area (Å²) in [5.74, 6) is 1.18. The minimum absolute atomic E-state index is 0.151. The van der Waals surface area contributed by atoms with Gasteiger partial charge in [-0.3, -0.25) is 9.69 Å². The molecule has 4 rings (SSSR count). The predicted molar refractivity (Wildman–Crippen MR) is 137 cm³/mol. The molecule has 0 saturated heterocycles. The lowest BCUT2D eigenvalue weighted by Gasteiger charge is -2.33. The van der Waals surface area contributed by atoms with E-state index in [4.69, 9.17) is 4.74 Å². The molecule has 0 saturated carbocycles. The molecule has 0 spiro atoms. The van der Waals surface area contributed by atoms with E-state index < -0.39 is 0 Å². The molecular formula is C27H33FN6O2. The maximum Gasteiger partial charge on any atom is 0.252 e. The van der Waals surface area contributed by atoms with Gasteiger partial charge in [0, 0.05) is 29.6 Å². The molecule has 1 unspecified atom stereocenters. The first-order valence-electron chi connectivity index (χ1n) is 12.2. The number of hydrogen-bond donors (Lipinski definition) is 1. The van der Waals surface area contributed by atoms with E-state index in [1.165, 1.54) is 12.1 Å². The molecule has 2 heterocycles. The molecule has 4 aromatic rings. The number of hydrogen-bond acceptors (Lipinski definition) is 6. The van der Waals surface area contributed by atoms with Gasteiger partial charge in [-0.2, -0.15) is 0 Å². The maximum absolute atomic E-state index is 13.6. The van der Waals surface area contributed by atoms with E-state index in [0.717, 1.165) is 40.9 Å². The number of nitrogens with one attached hydrogen (secondary N) is 1. The number of ether oxygens (including phenoxy) is 1. The topological polar surface area (TPSA) is 88.9 Å². The van der Waals surface area contributed by atoms with Gasteiger partial charge in [-0.15, -0.1) is 5.10 Å². The first-order chi connectivity index (χ1) is 17.2. The second-order valence-electron chi connectivity index (χ2n) is 10.0. The second-order valence-corrected chi connectivity index (χ2v) is 10.0. The molecule has 0 bridgehead atoms. The van der Waals surface area contributed by atoms with E-state index in [9.17, 15) is 9.18 Å². The van der Waals surface area contributed by atoms with Crippen molar-refractivity contribution in [2.75, 3.05) is 7.11 Å². The van der Waals surface area contributed by atoms with Crippen molar-refractivity contribution >= 4 is 10.9 Å². The van der Waals surface area contributed by atoms with Crippen LogP contribution in [0.3, 0.4) is 0 Å². The van der Waals surface area contributed by atoms with E-state index in [0.29, 0.717) is 18.7 Å². The Labute approximate surface area is 210 Å². The van der Waals surface area contributed by atoms with Crippen molar-refractivity contribution in [2.24, 2.45) is 0 Å². The van der Waals surface area contributed by atoms with E-state index in [1.807, 2.05) is 28.9 Å². The highest BCUT2D eigenvalue weighted by Gasteiger charge is 2.30. The Morgan fingerprint density at radius 1 is 1.11 bits per heavy atom. The lowest BCUT2D eigenvalue weighted by molar-refractivity contribution is 0.148. The molecule has 0 amide bonds. The number of tetrazole rings is 1. The summed E-state index contributed by atoms with van der Waals surface area (Å²) in [6.45, 7) is 9.15. The average molecular weight is 493 g/mol. The Bertz CT molecular complexity index is 1370. The van der Waals surface area contributed by atoms with Gasteiger partial charge in [0.15, 0.2) is 5.82 Å². The first kappa shape index (κ1) is 25.5. The summed E-state index contributed by atoms with van der Waals surface area (Å²) < 4.78 is 20.8. The molecule has 2 aromatic carbocycles. The van der Waals surface area contributed by atoms with Gasteiger partial charge in [-0.1, -0.05) is 25.5 Å². The van der Waals surface area contributed by atoms with Gasteiger partial charge in [0.1, 0.15) is 11.6 Å². The molecule has 190 valence electrons. The number of methoxy groups -OCH3 is 1. The van der Waals surface area contributed by atoms with Crippen LogP contribution in [0.25, 0.3) is 10.9 Å². The Hall–Kier alpha value is -3.59. The smallest absolute Gasteiger partial charge is 0.252 e. The zero-order valence-electron chi connectivity index (χ0n) is 21.5. The third kappa shape index (κ3) is 5.62. The van der Waals surface area contributed by atoms with Gasteiger partial charge in [0.05, 0.1) is 18.7 Å². The largest absolute Gasteiger partial charge is 0.497 e. The molecule has 0 radical (unpaired) electrons. The van der Waals surface area contributed by atoms with E-state index in [1.54, 1.807) is 19.2 Å². The molecule has 2 aromatic heterocycles. The van der Waals surface area contributed by atoms with Crippen LogP contribution in [0.15, 0.2) is 53.3 Å². The number of halogens is 1. The van der Waals surface area contributed by atoms with Gasteiger partial charge >= 0.3 is 0 Å². The Kier molecular flexibility index (Phi) is 7.49. The van der Waals surface area contributed by atoms with Crippen molar-refractivity contribution in [3.8, 4) is 5.75 Å². The number of aromatic nitrogens is 5. The Balaban J connectivity index is 1.79. The fourth-order valence-corrected chi connectivity index (χ4v) is 4.42. The van der Waals surface area contributed by atoms with Crippen molar-refractivity contribution in [2.45, 2.75) is 65.2 Å². The molecule has 8 nitrogen and oxygen atoms in total. The van der Waals surface area contributed by atoms with Crippen LogP contribution in [0.4, 0.5) is 4.39 Å². The number of nitrogens with zero attached hydrogens (tertiary/aromatic N) is 5. The van der Waals surface area contributed by atoms with E-state index >= 15 is 0 Å². The van der Waals surface area contributed by atoms with Crippen molar-refractivity contribution in [1.29, 1.82) is 0 Å². The van der Waals surface area contributed by atoms with Gasteiger partial charge in [-0.05, 0) is 79.6 Å². The Morgan fingerprint density at radius 2 is 1.86 bits per heavy atom. The van der Waals surface area contributed by atoms with Crippen molar-refractivity contribution < 1.29 is 9.13 Å². The summed E-state index contributed by atoms with van der Waals surface area (Å²) in [6, 6.07) is 13.8. The number of fused-ring (bicyclic) bond motifs is 1. The molecule has 9 heteroatoms. The van der Waals surface area contributed by atoms with Crippen molar-refractivity contribution in [3.63, 3.8) is 0 Å². The van der Waals surface area contributed by atoms with Crippen LogP contribution < -0.4 is 10.3 Å². The number of H-pyrrole nitrogens is 1. The molecule has 1 atom stereocenters. The maximum atomic E-state index is 13.6. The summed E-state index contributed by atoms with van der Waals surface area (Å²) in [5.41, 5.74) is 1.84. The molecule has 0 fully saturated rings. The molecule has 36 heavy (non-hydrogen) atoms. The van der Waals surface area contributed by atoms with Crippen molar-refractivity contribution in [1.82, 2.24) is 30.1 Å². The minimum Gasteiger partial charge on any atom is -0.497 e. The summed E-state index contributed by atoms with van der Waals surface area (Å²) >= 11 is 0. The molecule has 1 N–H and O–H groups in total. The number of aromatic amines is 1. The number of rotatable bonds is 9. The van der Waals surface area contributed by atoms with Crippen LogP contribution >= 0.6 is 0 Å². The van der Waals surface area contributed by atoms with Gasteiger partial charge < -0.3 is 9.72 Å². The standard InChI is InChI=1S/C27H33FN6O2/c1-6-7-24(25-30-31-32-34(25)27(2,3)4)33(16-18-8-10-21(28)11-9-18)17-20-14-19-15-22(36-5)12-13-23(19)29-26(20)35/h8-15,24H,6-7,16-17H2,1-5H3,(H,29,35). The monoisotopic (exact) mass is 492 g/mol. The first-order valence-corrected chi connectivity index (χ1v) is 12.2. The van der Waals surface area contributed by atoms with Crippen LogP contribution in [-0.4, -0.2) is 37.2 Å². The van der Waals surface area contributed by atoms with Gasteiger partial charge in [0.2, 0.25) is 0 Å².